The smallest absolute Gasteiger partial charge is 0.230 e. The zero-order chi connectivity index (χ0) is 17.6. The Morgan fingerprint density at radius 3 is 2.36 bits per heavy atom. The normalized spacial score (nSPS) is 10.8. The van der Waals surface area contributed by atoms with Gasteiger partial charge in [-0.1, -0.05) is 60.3 Å². The molecule has 3 rings (SSSR count). The van der Waals surface area contributed by atoms with Gasteiger partial charge in [-0.05, 0) is 26.0 Å². The van der Waals surface area contributed by atoms with Gasteiger partial charge in [-0.25, -0.2) is 9.67 Å². The Kier molecular flexibility index (Phi) is 5.50. The number of amides is 1. The summed E-state index contributed by atoms with van der Waals surface area (Å²) >= 11 is 1.34. The molecule has 1 aromatic heterocycles. The third kappa shape index (κ3) is 4.48. The molecule has 0 saturated carbocycles. The van der Waals surface area contributed by atoms with Crippen LogP contribution in [-0.4, -0.2) is 32.5 Å². The number of benzene rings is 2. The zero-order valence-corrected chi connectivity index (χ0v) is 15.0. The summed E-state index contributed by atoms with van der Waals surface area (Å²) in [5, 5.41) is 8.06. The van der Waals surface area contributed by atoms with E-state index in [4.69, 9.17) is 0 Å². The maximum absolute atomic E-state index is 11.9. The minimum Gasteiger partial charge on any atom is -0.353 e. The number of nitrogens with zero attached hydrogens (tertiary/aromatic N) is 3. The van der Waals surface area contributed by atoms with Crippen molar-refractivity contribution in [3.8, 4) is 17.1 Å². The Balaban J connectivity index is 1.89. The number of aromatic nitrogens is 3. The van der Waals surface area contributed by atoms with E-state index in [2.05, 4.69) is 15.4 Å². The molecule has 6 heteroatoms. The van der Waals surface area contributed by atoms with E-state index in [9.17, 15) is 4.79 Å². The average Bonchev–Trinajstić information content (AvgIpc) is 3.05. The summed E-state index contributed by atoms with van der Waals surface area (Å²) < 4.78 is 1.82. The Hall–Kier alpha value is -2.60. The largest absolute Gasteiger partial charge is 0.353 e. The van der Waals surface area contributed by atoms with Gasteiger partial charge in [-0.15, -0.1) is 5.10 Å². The fourth-order valence-electron chi connectivity index (χ4n) is 2.37. The van der Waals surface area contributed by atoms with Gasteiger partial charge in [0.1, 0.15) is 0 Å². The van der Waals surface area contributed by atoms with Crippen molar-refractivity contribution < 1.29 is 4.79 Å². The highest BCUT2D eigenvalue weighted by molar-refractivity contribution is 7.99. The van der Waals surface area contributed by atoms with E-state index < -0.39 is 0 Å². The second-order valence-corrected chi connectivity index (χ2v) is 6.78. The van der Waals surface area contributed by atoms with Crippen molar-refractivity contribution in [1.29, 1.82) is 0 Å². The van der Waals surface area contributed by atoms with Crippen LogP contribution in [0.25, 0.3) is 17.1 Å². The number of para-hydroxylation sites is 1. The molecule has 0 aliphatic heterocycles. The molecular formula is C19H20N4OS. The number of hydrogen-bond donors (Lipinski definition) is 1. The molecule has 128 valence electrons. The Morgan fingerprint density at radius 1 is 1.08 bits per heavy atom. The third-order valence-electron chi connectivity index (χ3n) is 3.40. The number of carbonyl (C=O) groups excluding carboxylic acids is 1. The maximum atomic E-state index is 11.9. The number of carbonyl (C=O) groups is 1. The molecule has 0 aliphatic carbocycles. The van der Waals surface area contributed by atoms with Crippen LogP contribution in [0.5, 0.6) is 0 Å². The molecule has 1 heterocycles. The van der Waals surface area contributed by atoms with Crippen molar-refractivity contribution in [3.05, 3.63) is 60.7 Å². The molecule has 3 aromatic rings. The number of nitrogens with one attached hydrogen (secondary N) is 1. The van der Waals surface area contributed by atoms with Gasteiger partial charge in [0.2, 0.25) is 11.1 Å². The van der Waals surface area contributed by atoms with E-state index in [0.29, 0.717) is 10.9 Å². The summed E-state index contributed by atoms with van der Waals surface area (Å²) in [5.41, 5.74) is 1.92. The number of rotatable bonds is 6. The molecule has 25 heavy (non-hydrogen) atoms. The molecule has 0 spiro atoms. The van der Waals surface area contributed by atoms with Crippen LogP contribution in [0.4, 0.5) is 0 Å². The lowest BCUT2D eigenvalue weighted by Gasteiger charge is -2.06. The van der Waals surface area contributed by atoms with Crippen molar-refractivity contribution in [1.82, 2.24) is 20.1 Å². The minimum absolute atomic E-state index is 0.0164. The molecule has 5 nitrogen and oxygen atoms in total. The first-order chi connectivity index (χ1) is 12.1. The highest BCUT2D eigenvalue weighted by atomic mass is 32.2. The van der Waals surface area contributed by atoms with Crippen molar-refractivity contribution in [3.63, 3.8) is 0 Å². The second-order valence-electron chi connectivity index (χ2n) is 5.84. The van der Waals surface area contributed by atoms with Crippen molar-refractivity contribution in [2.24, 2.45) is 0 Å². The first-order valence-electron chi connectivity index (χ1n) is 8.13. The van der Waals surface area contributed by atoms with Gasteiger partial charge in [-0.3, -0.25) is 4.79 Å². The van der Waals surface area contributed by atoms with Crippen molar-refractivity contribution in [2.45, 2.75) is 25.0 Å². The van der Waals surface area contributed by atoms with E-state index in [0.717, 1.165) is 17.1 Å². The molecule has 0 radical (unpaired) electrons. The summed E-state index contributed by atoms with van der Waals surface area (Å²) in [5.74, 6) is 1.04. The van der Waals surface area contributed by atoms with Crippen LogP contribution in [-0.2, 0) is 4.79 Å². The predicted octanol–water partition coefficient (Wildman–Crippen LogP) is 3.55. The molecule has 2 aromatic carbocycles. The molecular weight excluding hydrogens is 332 g/mol. The summed E-state index contributed by atoms with van der Waals surface area (Å²) in [6.45, 7) is 3.89. The molecule has 0 saturated heterocycles. The molecule has 0 unspecified atom stereocenters. The first-order valence-corrected chi connectivity index (χ1v) is 9.12. The number of thioether (sulfide) groups is 1. The van der Waals surface area contributed by atoms with E-state index in [1.165, 1.54) is 11.8 Å². The van der Waals surface area contributed by atoms with Gasteiger partial charge in [-0.2, -0.15) is 0 Å². The molecule has 0 fully saturated rings. The van der Waals surface area contributed by atoms with Crippen LogP contribution in [0.1, 0.15) is 13.8 Å². The van der Waals surface area contributed by atoms with Crippen LogP contribution in [0.3, 0.4) is 0 Å². The molecule has 0 bridgehead atoms. The van der Waals surface area contributed by atoms with Crippen LogP contribution >= 0.6 is 11.8 Å². The van der Waals surface area contributed by atoms with Crippen LogP contribution in [0, 0.1) is 0 Å². The van der Waals surface area contributed by atoms with Gasteiger partial charge in [0.05, 0.1) is 11.4 Å². The Labute approximate surface area is 151 Å². The molecule has 0 atom stereocenters. The molecule has 1 amide bonds. The van der Waals surface area contributed by atoms with Gasteiger partial charge in [0.25, 0.3) is 0 Å². The average molecular weight is 352 g/mol. The Morgan fingerprint density at radius 2 is 1.72 bits per heavy atom. The summed E-state index contributed by atoms with van der Waals surface area (Å²) in [6, 6.07) is 19.9. The first kappa shape index (κ1) is 17.2. The van der Waals surface area contributed by atoms with Crippen LogP contribution in [0.15, 0.2) is 65.8 Å². The van der Waals surface area contributed by atoms with Crippen molar-refractivity contribution in [2.75, 3.05) is 5.75 Å². The lowest BCUT2D eigenvalue weighted by Crippen LogP contribution is -2.31. The third-order valence-corrected chi connectivity index (χ3v) is 4.24. The molecule has 0 aliphatic rings. The number of hydrogen-bond acceptors (Lipinski definition) is 4. The van der Waals surface area contributed by atoms with Crippen LogP contribution in [0.2, 0.25) is 0 Å². The zero-order valence-electron chi connectivity index (χ0n) is 14.2. The Bertz CT molecular complexity index is 774. The van der Waals surface area contributed by atoms with E-state index in [1.54, 1.807) is 0 Å². The highest BCUT2D eigenvalue weighted by Crippen LogP contribution is 2.24. The quantitative estimate of drug-likeness (QED) is 0.689. The van der Waals surface area contributed by atoms with E-state index >= 15 is 0 Å². The summed E-state index contributed by atoms with van der Waals surface area (Å²) in [6.07, 6.45) is 0. The topological polar surface area (TPSA) is 59.8 Å². The van der Waals surface area contributed by atoms with Gasteiger partial charge in [0, 0.05) is 11.6 Å². The standard InChI is InChI=1S/C19H20N4OS/c1-14(2)20-17(24)13-25-19-21-18(15-9-5-3-6-10-15)23(22-19)16-11-7-4-8-12-16/h3-12,14H,13H2,1-2H3,(H,20,24). The lowest BCUT2D eigenvalue weighted by molar-refractivity contribution is -0.119. The van der Waals surface area contributed by atoms with Gasteiger partial charge in [0.15, 0.2) is 5.82 Å². The van der Waals surface area contributed by atoms with Gasteiger partial charge < -0.3 is 5.32 Å². The summed E-state index contributed by atoms with van der Waals surface area (Å²) in [7, 11) is 0. The lowest BCUT2D eigenvalue weighted by atomic mass is 10.2. The fourth-order valence-corrected chi connectivity index (χ4v) is 3.01. The van der Waals surface area contributed by atoms with Crippen molar-refractivity contribution >= 4 is 17.7 Å². The predicted molar refractivity (Wildman–Crippen MR) is 101 cm³/mol. The van der Waals surface area contributed by atoms with E-state index in [-0.39, 0.29) is 11.9 Å². The highest BCUT2D eigenvalue weighted by Gasteiger charge is 2.15. The maximum Gasteiger partial charge on any atom is 0.230 e. The summed E-state index contributed by atoms with van der Waals surface area (Å²) in [4.78, 5) is 16.5. The van der Waals surface area contributed by atoms with Gasteiger partial charge >= 0.3 is 0 Å². The molecule has 1 N–H and O–H groups in total. The monoisotopic (exact) mass is 352 g/mol. The SMILES string of the molecule is CC(C)NC(=O)CSc1nc(-c2ccccc2)n(-c2ccccc2)n1. The second kappa shape index (κ2) is 7.98. The van der Waals surface area contributed by atoms with E-state index in [1.807, 2.05) is 79.2 Å². The van der Waals surface area contributed by atoms with Crippen LogP contribution < -0.4 is 5.32 Å². The fraction of sp³-hybridized carbons (Fsp3) is 0.211. The minimum atomic E-state index is -0.0164.